The molecule has 3 aromatic rings. The quantitative estimate of drug-likeness (QED) is 0.669. The summed E-state index contributed by atoms with van der Waals surface area (Å²) in [6, 6.07) is 10.3. The highest BCUT2D eigenvalue weighted by Crippen LogP contribution is 2.12. The first kappa shape index (κ1) is 18.6. The van der Waals surface area contributed by atoms with Crippen LogP contribution in [0.2, 0.25) is 0 Å². The zero-order chi connectivity index (χ0) is 19.3. The van der Waals surface area contributed by atoms with Gasteiger partial charge < -0.3 is 10.2 Å². The van der Waals surface area contributed by atoms with Crippen molar-refractivity contribution in [3.8, 4) is 0 Å². The Bertz CT molecular complexity index is 910. The number of anilines is 1. The number of aryl methyl sites for hydroxylation is 1. The number of nitrogens with zero attached hydrogens (tertiary/aromatic N) is 6. The summed E-state index contributed by atoms with van der Waals surface area (Å²) in [4.78, 5) is 4.66. The molecule has 0 atom stereocenters. The number of rotatable bonds is 5. The third-order valence-corrected chi connectivity index (χ3v) is 5.26. The molecule has 1 N–H and O–H groups in total. The molecule has 1 saturated heterocycles. The summed E-state index contributed by atoms with van der Waals surface area (Å²) >= 11 is 5.61. The Hall–Kier alpha value is -2.71. The summed E-state index contributed by atoms with van der Waals surface area (Å²) in [5, 5.41) is 12.8. The zero-order valence-electron chi connectivity index (χ0n) is 16.0. The summed E-state index contributed by atoms with van der Waals surface area (Å²) in [5.74, 6) is 0. The van der Waals surface area contributed by atoms with Gasteiger partial charge in [-0.05, 0) is 17.8 Å². The summed E-state index contributed by atoms with van der Waals surface area (Å²) in [6.07, 6.45) is 7.84. The SMILES string of the molecule is Cn1cc(CN2CCN(C(=S)Nc3cnn(Cc4ccccc4)c3)CC2)cn1. The topological polar surface area (TPSA) is 54.1 Å². The van der Waals surface area contributed by atoms with Gasteiger partial charge in [0.05, 0.1) is 24.6 Å². The van der Waals surface area contributed by atoms with Gasteiger partial charge in [-0.2, -0.15) is 10.2 Å². The van der Waals surface area contributed by atoms with Gasteiger partial charge in [-0.3, -0.25) is 14.3 Å². The second-order valence-corrected chi connectivity index (χ2v) is 7.51. The van der Waals surface area contributed by atoms with Crippen molar-refractivity contribution in [3.05, 3.63) is 66.2 Å². The maximum absolute atomic E-state index is 5.61. The molecule has 8 heteroatoms. The van der Waals surface area contributed by atoms with Crippen LogP contribution in [0.5, 0.6) is 0 Å². The monoisotopic (exact) mass is 395 g/mol. The fourth-order valence-electron chi connectivity index (χ4n) is 3.41. The van der Waals surface area contributed by atoms with Gasteiger partial charge in [0.2, 0.25) is 0 Å². The smallest absolute Gasteiger partial charge is 0.173 e. The second-order valence-electron chi connectivity index (χ2n) is 7.13. The van der Waals surface area contributed by atoms with Crippen molar-refractivity contribution in [2.75, 3.05) is 31.5 Å². The molecule has 0 amide bonds. The molecule has 2 aromatic heterocycles. The van der Waals surface area contributed by atoms with Gasteiger partial charge in [-0.15, -0.1) is 0 Å². The summed E-state index contributed by atoms with van der Waals surface area (Å²) in [7, 11) is 1.95. The molecule has 0 aliphatic carbocycles. The lowest BCUT2D eigenvalue weighted by Gasteiger charge is -2.35. The lowest BCUT2D eigenvalue weighted by atomic mass is 10.2. The Labute approximate surface area is 170 Å². The van der Waals surface area contributed by atoms with Gasteiger partial charge in [-0.25, -0.2) is 0 Å². The van der Waals surface area contributed by atoms with Gasteiger partial charge in [0.25, 0.3) is 0 Å². The molecule has 1 aliphatic heterocycles. The molecular formula is C20H25N7S. The number of nitrogens with one attached hydrogen (secondary N) is 1. The van der Waals surface area contributed by atoms with Gasteiger partial charge in [0.1, 0.15) is 0 Å². The van der Waals surface area contributed by atoms with E-state index in [1.807, 2.05) is 53.2 Å². The number of hydrogen-bond acceptors (Lipinski definition) is 4. The number of piperazine rings is 1. The maximum Gasteiger partial charge on any atom is 0.173 e. The normalized spacial score (nSPS) is 15.0. The Morgan fingerprint density at radius 1 is 0.964 bits per heavy atom. The molecule has 4 rings (SSSR count). The van der Waals surface area contributed by atoms with Crippen LogP contribution in [-0.4, -0.2) is 60.7 Å². The van der Waals surface area contributed by atoms with Crippen LogP contribution in [0, 0.1) is 0 Å². The Balaban J connectivity index is 1.25. The molecule has 0 radical (unpaired) electrons. The molecule has 1 aromatic carbocycles. The van der Waals surface area contributed by atoms with Crippen molar-refractivity contribution < 1.29 is 0 Å². The van der Waals surface area contributed by atoms with E-state index in [0.717, 1.165) is 50.1 Å². The molecule has 3 heterocycles. The molecule has 28 heavy (non-hydrogen) atoms. The van der Waals surface area contributed by atoms with Crippen LogP contribution >= 0.6 is 12.2 Å². The minimum atomic E-state index is 0.752. The molecule has 0 spiro atoms. The molecule has 7 nitrogen and oxygen atoms in total. The fourth-order valence-corrected chi connectivity index (χ4v) is 3.71. The molecule has 1 fully saturated rings. The molecule has 146 valence electrons. The highest BCUT2D eigenvalue weighted by Gasteiger charge is 2.19. The van der Waals surface area contributed by atoms with Crippen LogP contribution < -0.4 is 5.32 Å². The highest BCUT2D eigenvalue weighted by atomic mass is 32.1. The van der Waals surface area contributed by atoms with E-state index < -0.39 is 0 Å². The number of benzene rings is 1. The van der Waals surface area contributed by atoms with E-state index in [9.17, 15) is 0 Å². The van der Waals surface area contributed by atoms with Crippen LogP contribution in [0.3, 0.4) is 0 Å². The first-order valence-corrected chi connectivity index (χ1v) is 9.89. The zero-order valence-corrected chi connectivity index (χ0v) is 16.8. The van der Waals surface area contributed by atoms with Crippen LogP contribution in [0.1, 0.15) is 11.1 Å². The minimum Gasteiger partial charge on any atom is -0.346 e. The second kappa shape index (κ2) is 8.53. The van der Waals surface area contributed by atoms with E-state index in [4.69, 9.17) is 12.2 Å². The maximum atomic E-state index is 5.61. The summed E-state index contributed by atoms with van der Waals surface area (Å²) in [5.41, 5.74) is 3.41. The fraction of sp³-hybridized carbons (Fsp3) is 0.350. The van der Waals surface area contributed by atoms with Crippen LogP contribution in [0.4, 0.5) is 5.69 Å². The Kier molecular flexibility index (Phi) is 5.68. The Morgan fingerprint density at radius 2 is 1.75 bits per heavy atom. The van der Waals surface area contributed by atoms with Crippen LogP contribution in [0.15, 0.2) is 55.1 Å². The van der Waals surface area contributed by atoms with Gasteiger partial charge in [-0.1, -0.05) is 30.3 Å². The molecule has 1 aliphatic rings. The van der Waals surface area contributed by atoms with E-state index in [1.165, 1.54) is 11.1 Å². The van der Waals surface area contributed by atoms with E-state index in [0.29, 0.717) is 0 Å². The lowest BCUT2D eigenvalue weighted by Crippen LogP contribution is -2.49. The van der Waals surface area contributed by atoms with E-state index >= 15 is 0 Å². The van der Waals surface area contributed by atoms with E-state index in [1.54, 1.807) is 0 Å². The van der Waals surface area contributed by atoms with Crippen LogP contribution in [-0.2, 0) is 20.1 Å². The summed E-state index contributed by atoms with van der Waals surface area (Å²) in [6.45, 7) is 5.51. The predicted octanol–water partition coefficient (Wildman–Crippen LogP) is 2.18. The third-order valence-electron chi connectivity index (χ3n) is 4.90. The molecule has 0 bridgehead atoms. The van der Waals surface area contributed by atoms with E-state index in [2.05, 4.69) is 43.6 Å². The molecule has 0 unspecified atom stereocenters. The number of thiocarbonyl (C=S) groups is 1. The predicted molar refractivity (Wildman–Crippen MR) is 114 cm³/mol. The van der Waals surface area contributed by atoms with Crippen molar-refractivity contribution in [1.82, 2.24) is 29.4 Å². The summed E-state index contributed by atoms with van der Waals surface area (Å²) < 4.78 is 3.77. The van der Waals surface area contributed by atoms with Crippen molar-refractivity contribution in [2.45, 2.75) is 13.1 Å². The first-order valence-electron chi connectivity index (χ1n) is 9.48. The minimum absolute atomic E-state index is 0.752. The number of hydrogen-bond donors (Lipinski definition) is 1. The number of aromatic nitrogens is 4. The van der Waals surface area contributed by atoms with Crippen molar-refractivity contribution in [3.63, 3.8) is 0 Å². The van der Waals surface area contributed by atoms with Crippen LogP contribution in [0.25, 0.3) is 0 Å². The highest BCUT2D eigenvalue weighted by molar-refractivity contribution is 7.80. The average molecular weight is 396 g/mol. The van der Waals surface area contributed by atoms with E-state index in [-0.39, 0.29) is 0 Å². The van der Waals surface area contributed by atoms with Gasteiger partial charge in [0.15, 0.2) is 5.11 Å². The van der Waals surface area contributed by atoms with Crippen molar-refractivity contribution >= 4 is 23.0 Å². The van der Waals surface area contributed by atoms with Gasteiger partial charge in [0, 0.05) is 57.7 Å². The van der Waals surface area contributed by atoms with Crippen molar-refractivity contribution in [2.24, 2.45) is 7.05 Å². The Morgan fingerprint density at radius 3 is 2.46 bits per heavy atom. The third kappa shape index (κ3) is 4.76. The molecular weight excluding hydrogens is 370 g/mol. The first-order chi connectivity index (χ1) is 13.7. The molecule has 0 saturated carbocycles. The van der Waals surface area contributed by atoms with Crippen molar-refractivity contribution in [1.29, 1.82) is 0 Å². The standard InChI is InChI=1S/C20H25N7S/c1-24-13-18(11-21-24)14-25-7-9-26(10-8-25)20(28)23-19-12-22-27(16-19)15-17-5-3-2-4-6-17/h2-6,11-13,16H,7-10,14-15H2,1H3,(H,23,28). The largest absolute Gasteiger partial charge is 0.346 e. The average Bonchev–Trinajstić information content (AvgIpc) is 3.32. The lowest BCUT2D eigenvalue weighted by molar-refractivity contribution is 0.177. The van der Waals surface area contributed by atoms with Gasteiger partial charge >= 0.3 is 0 Å².